The van der Waals surface area contributed by atoms with E-state index >= 15 is 0 Å². The molecule has 0 atom stereocenters. The van der Waals surface area contributed by atoms with E-state index in [0.717, 1.165) is 48.7 Å². The van der Waals surface area contributed by atoms with Gasteiger partial charge >= 0.3 is 0 Å². The van der Waals surface area contributed by atoms with E-state index in [4.69, 9.17) is 0 Å². The van der Waals surface area contributed by atoms with Gasteiger partial charge in [0, 0.05) is 43.5 Å². The van der Waals surface area contributed by atoms with Gasteiger partial charge in [-0.3, -0.25) is 14.8 Å². The second-order valence-corrected chi connectivity index (χ2v) is 7.93. The number of hydrogen-bond donors (Lipinski definition) is 2. The molecule has 27 heavy (non-hydrogen) atoms. The van der Waals surface area contributed by atoms with E-state index in [1.807, 2.05) is 25.3 Å². The van der Waals surface area contributed by atoms with Crippen molar-refractivity contribution in [1.29, 1.82) is 0 Å². The lowest BCUT2D eigenvalue weighted by Gasteiger charge is -2.25. The van der Waals surface area contributed by atoms with Crippen molar-refractivity contribution in [2.45, 2.75) is 19.8 Å². The Balaban J connectivity index is 1.36. The fraction of sp³-hybridized carbons (Fsp3) is 0.474. The van der Waals surface area contributed by atoms with Gasteiger partial charge in [-0.2, -0.15) is 5.10 Å². The summed E-state index contributed by atoms with van der Waals surface area (Å²) in [5, 5.41) is 8.03. The third-order valence-corrected chi connectivity index (χ3v) is 5.72. The van der Waals surface area contributed by atoms with Crippen molar-refractivity contribution in [2.24, 2.45) is 5.41 Å². The van der Waals surface area contributed by atoms with Crippen LogP contribution in [0.1, 0.15) is 29.0 Å². The number of rotatable bonds is 4. The first-order chi connectivity index (χ1) is 13.1. The van der Waals surface area contributed by atoms with Crippen LogP contribution in [0.15, 0.2) is 24.7 Å². The number of ketones is 1. The highest BCUT2D eigenvalue weighted by atomic mass is 16.1. The molecule has 1 saturated carbocycles. The van der Waals surface area contributed by atoms with Crippen LogP contribution < -0.4 is 4.90 Å². The molecule has 1 aliphatic carbocycles. The van der Waals surface area contributed by atoms with E-state index in [1.165, 1.54) is 12.8 Å². The van der Waals surface area contributed by atoms with E-state index in [-0.39, 0.29) is 11.2 Å². The van der Waals surface area contributed by atoms with Gasteiger partial charge in [0.2, 0.25) is 0 Å². The number of fused-ring (bicyclic) bond motifs is 1. The molecule has 140 valence electrons. The molecular weight excluding hydrogens is 342 g/mol. The molecule has 3 aromatic rings. The maximum atomic E-state index is 12.6. The first-order valence-electron chi connectivity index (χ1n) is 9.43. The average molecular weight is 365 g/mol. The minimum Gasteiger partial charge on any atom is -0.354 e. The van der Waals surface area contributed by atoms with E-state index in [1.54, 1.807) is 6.33 Å². The van der Waals surface area contributed by atoms with Crippen LogP contribution in [0.25, 0.3) is 11.0 Å². The molecule has 0 amide bonds. The number of carbonyl (C=O) groups is 1. The number of aromatic nitrogens is 5. The lowest BCUT2D eigenvalue weighted by molar-refractivity contribution is 0.0919. The summed E-state index contributed by atoms with van der Waals surface area (Å²) in [7, 11) is 0. The predicted octanol–water partition coefficient (Wildman–Crippen LogP) is 1.77. The maximum absolute atomic E-state index is 12.6. The first kappa shape index (κ1) is 16.4. The van der Waals surface area contributed by atoms with Gasteiger partial charge in [-0.1, -0.05) is 0 Å². The van der Waals surface area contributed by atoms with Crippen LogP contribution in [0.4, 0.5) is 5.82 Å². The lowest BCUT2D eigenvalue weighted by Crippen LogP contribution is -2.35. The topological polar surface area (TPSA) is 93.8 Å². The van der Waals surface area contributed by atoms with E-state index < -0.39 is 0 Å². The van der Waals surface area contributed by atoms with Crippen LogP contribution in [0.5, 0.6) is 0 Å². The highest BCUT2D eigenvalue weighted by Crippen LogP contribution is 2.48. The summed E-state index contributed by atoms with van der Waals surface area (Å²) in [6, 6.07) is 3.86. The molecule has 1 saturated heterocycles. The normalized spacial score (nSPS) is 19.5. The predicted molar refractivity (Wildman–Crippen MR) is 102 cm³/mol. The second-order valence-electron chi connectivity index (χ2n) is 7.93. The van der Waals surface area contributed by atoms with Gasteiger partial charge in [0.1, 0.15) is 23.5 Å². The number of Topliss-reactive ketones (excluding diaryl/α,β-unsaturated/α-hetero) is 1. The fourth-order valence-corrected chi connectivity index (χ4v) is 4.11. The molecule has 4 heterocycles. The molecule has 0 radical (unpaired) electrons. The number of carbonyl (C=O) groups excluding carboxylic acids is 1. The summed E-state index contributed by atoms with van der Waals surface area (Å²) >= 11 is 0. The van der Waals surface area contributed by atoms with Crippen molar-refractivity contribution >= 4 is 22.6 Å². The maximum Gasteiger partial charge on any atom is 0.196 e. The number of H-pyrrole nitrogens is 2. The number of nitrogens with one attached hydrogen (secondary N) is 2. The van der Waals surface area contributed by atoms with Crippen LogP contribution in [0, 0.1) is 12.3 Å². The van der Waals surface area contributed by atoms with E-state index in [9.17, 15) is 4.79 Å². The molecule has 1 aliphatic heterocycles. The smallest absolute Gasteiger partial charge is 0.196 e. The molecule has 3 aromatic heterocycles. The number of anilines is 1. The Morgan fingerprint density at radius 2 is 2.15 bits per heavy atom. The third kappa shape index (κ3) is 3.10. The van der Waals surface area contributed by atoms with Gasteiger partial charge < -0.3 is 9.88 Å². The monoisotopic (exact) mass is 365 g/mol. The second kappa shape index (κ2) is 6.16. The summed E-state index contributed by atoms with van der Waals surface area (Å²) in [6.07, 6.45) is 5.94. The molecule has 0 bridgehead atoms. The summed E-state index contributed by atoms with van der Waals surface area (Å²) < 4.78 is 0. The van der Waals surface area contributed by atoms with Crippen LogP contribution >= 0.6 is 0 Å². The SMILES string of the molecule is Cc1cc(C(=O)CN2CCN(c3ncnc4[nH]ccc34)CC3(CC3)C2)n[nH]1. The summed E-state index contributed by atoms with van der Waals surface area (Å²) in [5.74, 6) is 1.07. The van der Waals surface area contributed by atoms with Gasteiger partial charge in [0.15, 0.2) is 5.78 Å². The Kier molecular flexibility index (Phi) is 3.75. The third-order valence-electron chi connectivity index (χ3n) is 5.72. The standard InChI is InChI=1S/C19H23N7O/c1-13-8-15(24-23-13)16(27)9-25-6-7-26(11-19(10-25)3-4-19)18-14-2-5-20-17(14)21-12-22-18/h2,5,8,12H,3-4,6-7,9-11H2,1H3,(H,23,24)(H,20,21,22). The van der Waals surface area contributed by atoms with Gasteiger partial charge in [-0.05, 0) is 31.9 Å². The Morgan fingerprint density at radius 1 is 1.26 bits per heavy atom. The van der Waals surface area contributed by atoms with Crippen LogP contribution in [-0.4, -0.2) is 68.6 Å². The molecule has 8 heteroatoms. The number of nitrogens with zero attached hydrogens (tertiary/aromatic N) is 5. The molecule has 8 nitrogen and oxygen atoms in total. The molecular formula is C19H23N7O. The quantitative estimate of drug-likeness (QED) is 0.685. The van der Waals surface area contributed by atoms with Crippen molar-refractivity contribution in [3.63, 3.8) is 0 Å². The number of aromatic amines is 2. The summed E-state index contributed by atoms with van der Waals surface area (Å²) in [4.78, 5) is 29.3. The van der Waals surface area contributed by atoms with Crippen LogP contribution in [0.3, 0.4) is 0 Å². The summed E-state index contributed by atoms with van der Waals surface area (Å²) in [6.45, 7) is 5.97. The Morgan fingerprint density at radius 3 is 2.93 bits per heavy atom. The zero-order valence-electron chi connectivity index (χ0n) is 15.4. The molecule has 0 unspecified atom stereocenters. The Labute approximate surface area is 157 Å². The fourth-order valence-electron chi connectivity index (χ4n) is 4.11. The van der Waals surface area contributed by atoms with Crippen molar-refractivity contribution in [3.8, 4) is 0 Å². The minimum atomic E-state index is 0.0821. The highest BCUT2D eigenvalue weighted by molar-refractivity contribution is 5.95. The number of hydrogen-bond acceptors (Lipinski definition) is 6. The minimum absolute atomic E-state index is 0.0821. The van der Waals surface area contributed by atoms with E-state index in [0.29, 0.717) is 12.2 Å². The van der Waals surface area contributed by atoms with Crippen molar-refractivity contribution in [1.82, 2.24) is 30.0 Å². The highest BCUT2D eigenvalue weighted by Gasteiger charge is 2.47. The zero-order chi connectivity index (χ0) is 18.4. The van der Waals surface area contributed by atoms with Crippen molar-refractivity contribution in [2.75, 3.05) is 37.6 Å². The van der Waals surface area contributed by atoms with Crippen molar-refractivity contribution in [3.05, 3.63) is 36.0 Å². The molecule has 1 spiro atoms. The zero-order valence-corrected chi connectivity index (χ0v) is 15.4. The Hall–Kier alpha value is -2.74. The largest absolute Gasteiger partial charge is 0.354 e. The van der Waals surface area contributed by atoms with Gasteiger partial charge in [-0.25, -0.2) is 9.97 Å². The first-order valence-corrected chi connectivity index (χ1v) is 9.43. The number of aryl methyl sites for hydroxylation is 1. The van der Waals surface area contributed by atoms with Gasteiger partial charge in [0.05, 0.1) is 11.9 Å². The summed E-state index contributed by atoms with van der Waals surface area (Å²) in [5.41, 5.74) is 2.59. The molecule has 2 fully saturated rings. The molecule has 2 N–H and O–H groups in total. The van der Waals surface area contributed by atoms with Gasteiger partial charge in [-0.15, -0.1) is 0 Å². The van der Waals surface area contributed by atoms with Crippen molar-refractivity contribution < 1.29 is 4.79 Å². The molecule has 0 aromatic carbocycles. The molecule has 5 rings (SSSR count). The van der Waals surface area contributed by atoms with E-state index in [2.05, 4.69) is 34.9 Å². The Bertz CT molecular complexity index is 987. The van der Waals surface area contributed by atoms with Crippen LogP contribution in [0.2, 0.25) is 0 Å². The van der Waals surface area contributed by atoms with Gasteiger partial charge in [0.25, 0.3) is 0 Å². The average Bonchev–Trinajstić information content (AvgIpc) is 3.07. The lowest BCUT2D eigenvalue weighted by atomic mass is 10.1. The van der Waals surface area contributed by atoms with Crippen LogP contribution in [-0.2, 0) is 0 Å². The molecule has 2 aliphatic rings.